The summed E-state index contributed by atoms with van der Waals surface area (Å²) >= 11 is 0. The molecule has 1 atom stereocenters. The van der Waals surface area contributed by atoms with Crippen LogP contribution in [0.3, 0.4) is 0 Å². The van der Waals surface area contributed by atoms with Gasteiger partial charge in [-0.1, -0.05) is 0 Å². The van der Waals surface area contributed by atoms with Gasteiger partial charge < -0.3 is 24.4 Å². The number of carbonyl (C=O) groups is 2. The van der Waals surface area contributed by atoms with E-state index in [1.165, 1.54) is 0 Å². The van der Waals surface area contributed by atoms with E-state index in [9.17, 15) is 9.59 Å². The molecule has 0 bridgehead atoms. The van der Waals surface area contributed by atoms with Crippen LogP contribution in [0, 0.1) is 0 Å². The Morgan fingerprint density at radius 3 is 2.67 bits per heavy atom. The van der Waals surface area contributed by atoms with E-state index >= 15 is 0 Å². The van der Waals surface area contributed by atoms with Crippen LogP contribution in [0.15, 0.2) is 18.2 Å². The number of nitrogens with one attached hydrogen (secondary N) is 1. The highest BCUT2D eigenvalue weighted by Gasteiger charge is 2.24. The van der Waals surface area contributed by atoms with Crippen molar-refractivity contribution in [2.75, 3.05) is 33.4 Å². The molecule has 2 aliphatic rings. The van der Waals surface area contributed by atoms with E-state index in [0.717, 1.165) is 32.3 Å². The van der Waals surface area contributed by atoms with Crippen molar-refractivity contribution in [3.63, 3.8) is 0 Å². The summed E-state index contributed by atoms with van der Waals surface area (Å²) in [6.45, 7) is 4.19. The Morgan fingerprint density at radius 2 is 2.04 bits per heavy atom. The van der Waals surface area contributed by atoms with Gasteiger partial charge in [-0.15, -0.1) is 0 Å². The second kappa shape index (κ2) is 9.08. The quantitative estimate of drug-likeness (QED) is 0.822. The second-order valence-corrected chi connectivity index (χ2v) is 7.03. The molecule has 2 heterocycles. The molecule has 0 aliphatic carbocycles. The first-order valence-electron chi connectivity index (χ1n) is 9.57. The number of benzene rings is 1. The van der Waals surface area contributed by atoms with Crippen molar-refractivity contribution in [2.24, 2.45) is 0 Å². The van der Waals surface area contributed by atoms with E-state index in [2.05, 4.69) is 5.32 Å². The fourth-order valence-corrected chi connectivity index (χ4v) is 3.49. The first-order valence-corrected chi connectivity index (χ1v) is 9.57. The number of likely N-dealkylation sites (tertiary alicyclic amines) is 1. The predicted molar refractivity (Wildman–Crippen MR) is 100 cm³/mol. The van der Waals surface area contributed by atoms with Gasteiger partial charge in [0.05, 0.1) is 18.8 Å². The number of piperidine rings is 1. The maximum absolute atomic E-state index is 12.7. The average Bonchev–Trinajstić information content (AvgIpc) is 3.20. The zero-order chi connectivity index (χ0) is 19.2. The molecule has 3 rings (SSSR count). The van der Waals surface area contributed by atoms with Crippen LogP contribution >= 0.6 is 0 Å². The third-order valence-corrected chi connectivity index (χ3v) is 5.13. The van der Waals surface area contributed by atoms with Crippen molar-refractivity contribution in [1.82, 2.24) is 10.2 Å². The molecule has 0 saturated carbocycles. The van der Waals surface area contributed by atoms with E-state index < -0.39 is 0 Å². The number of ether oxygens (including phenoxy) is 3. The molecule has 2 saturated heterocycles. The fourth-order valence-electron chi connectivity index (χ4n) is 3.49. The van der Waals surface area contributed by atoms with Crippen LogP contribution < -0.4 is 14.8 Å². The molecule has 148 valence electrons. The Hall–Kier alpha value is -2.28. The van der Waals surface area contributed by atoms with Crippen LogP contribution in [-0.2, 0) is 9.53 Å². The molecule has 2 fully saturated rings. The van der Waals surface area contributed by atoms with Crippen molar-refractivity contribution < 1.29 is 23.8 Å². The summed E-state index contributed by atoms with van der Waals surface area (Å²) in [6.07, 6.45) is 3.58. The number of amides is 2. The molecule has 7 heteroatoms. The lowest BCUT2D eigenvalue weighted by atomic mass is 10.1. The maximum atomic E-state index is 12.7. The molecule has 0 unspecified atom stereocenters. The van der Waals surface area contributed by atoms with E-state index in [-0.39, 0.29) is 24.0 Å². The minimum atomic E-state index is -0.194. The molecule has 1 N–H and O–H groups in total. The lowest BCUT2D eigenvalue weighted by Gasteiger charge is -2.31. The molecule has 1 aromatic rings. The van der Waals surface area contributed by atoms with E-state index in [1.54, 1.807) is 32.2 Å². The molecule has 7 nitrogen and oxygen atoms in total. The van der Waals surface area contributed by atoms with Crippen LogP contribution in [0.25, 0.3) is 0 Å². The van der Waals surface area contributed by atoms with Gasteiger partial charge in [0, 0.05) is 46.0 Å². The Bertz CT molecular complexity index is 664. The molecule has 1 aromatic carbocycles. The standard InChI is InChI=1S/C20H28N2O5/c1-14(23)22-9-7-15(8-10-22)27-19-6-5-16(25-2)12-18(19)20(24)21-13-17-4-3-11-26-17/h5-6,12,15,17H,3-4,7-11,13H2,1-2H3,(H,21,24)/t17-/m0/s1. The van der Waals surface area contributed by atoms with E-state index in [0.29, 0.717) is 36.7 Å². The van der Waals surface area contributed by atoms with Crippen molar-refractivity contribution in [3.05, 3.63) is 23.8 Å². The molecule has 0 radical (unpaired) electrons. The number of hydrogen-bond donors (Lipinski definition) is 1. The summed E-state index contributed by atoms with van der Waals surface area (Å²) in [5, 5.41) is 2.94. The lowest BCUT2D eigenvalue weighted by molar-refractivity contribution is -0.130. The van der Waals surface area contributed by atoms with Gasteiger partial charge in [0.2, 0.25) is 5.91 Å². The van der Waals surface area contributed by atoms with Gasteiger partial charge in [0.25, 0.3) is 5.91 Å². The highest BCUT2D eigenvalue weighted by atomic mass is 16.5. The third kappa shape index (κ3) is 5.13. The normalized spacial score (nSPS) is 20.4. The molecule has 0 aromatic heterocycles. The summed E-state index contributed by atoms with van der Waals surface area (Å²) in [5.74, 6) is 1.05. The largest absolute Gasteiger partial charge is 0.497 e. The van der Waals surface area contributed by atoms with Gasteiger partial charge in [-0.05, 0) is 31.0 Å². The van der Waals surface area contributed by atoms with Crippen molar-refractivity contribution >= 4 is 11.8 Å². The Morgan fingerprint density at radius 1 is 1.26 bits per heavy atom. The van der Waals surface area contributed by atoms with Gasteiger partial charge in [0.15, 0.2) is 0 Å². The van der Waals surface area contributed by atoms with Crippen molar-refractivity contribution in [2.45, 2.75) is 44.8 Å². The predicted octanol–water partition coefficient (Wildman–Crippen LogP) is 1.99. The molecule has 27 heavy (non-hydrogen) atoms. The van der Waals surface area contributed by atoms with Gasteiger partial charge in [-0.3, -0.25) is 9.59 Å². The fraction of sp³-hybridized carbons (Fsp3) is 0.600. The van der Waals surface area contributed by atoms with Gasteiger partial charge in [-0.25, -0.2) is 0 Å². The van der Waals surface area contributed by atoms with Gasteiger partial charge >= 0.3 is 0 Å². The summed E-state index contributed by atoms with van der Waals surface area (Å²) in [7, 11) is 1.57. The van der Waals surface area contributed by atoms with Crippen molar-refractivity contribution in [3.8, 4) is 11.5 Å². The number of carbonyl (C=O) groups excluding carboxylic acids is 2. The SMILES string of the molecule is COc1ccc(OC2CCN(C(C)=O)CC2)c(C(=O)NC[C@@H]2CCCO2)c1. The third-order valence-electron chi connectivity index (χ3n) is 5.13. The topological polar surface area (TPSA) is 77.1 Å². The minimum absolute atomic E-state index is 0.0151. The van der Waals surface area contributed by atoms with E-state index in [1.807, 2.05) is 4.90 Å². The zero-order valence-electron chi connectivity index (χ0n) is 16.0. The number of nitrogens with zero attached hydrogens (tertiary/aromatic N) is 1. The van der Waals surface area contributed by atoms with Crippen LogP contribution in [0.1, 0.15) is 43.0 Å². The van der Waals surface area contributed by atoms with Crippen LogP contribution in [-0.4, -0.2) is 62.3 Å². The second-order valence-electron chi connectivity index (χ2n) is 7.03. The highest BCUT2D eigenvalue weighted by Crippen LogP contribution is 2.27. The van der Waals surface area contributed by atoms with Crippen LogP contribution in [0.4, 0.5) is 0 Å². The summed E-state index contributed by atoms with van der Waals surface area (Å²) in [6, 6.07) is 5.26. The lowest BCUT2D eigenvalue weighted by Crippen LogP contribution is -2.41. The van der Waals surface area contributed by atoms with Gasteiger partial charge in [0.1, 0.15) is 17.6 Å². The summed E-state index contributed by atoms with van der Waals surface area (Å²) < 4.78 is 16.9. The zero-order valence-corrected chi connectivity index (χ0v) is 16.0. The van der Waals surface area contributed by atoms with Gasteiger partial charge in [-0.2, -0.15) is 0 Å². The summed E-state index contributed by atoms with van der Waals surface area (Å²) in [5.41, 5.74) is 0.460. The molecule has 0 spiro atoms. The number of hydrogen-bond acceptors (Lipinski definition) is 5. The number of rotatable bonds is 6. The molecular weight excluding hydrogens is 348 g/mol. The smallest absolute Gasteiger partial charge is 0.255 e. The highest BCUT2D eigenvalue weighted by molar-refractivity contribution is 5.97. The van der Waals surface area contributed by atoms with Crippen LogP contribution in [0.2, 0.25) is 0 Å². The molecule has 2 aliphatic heterocycles. The molecular formula is C20H28N2O5. The van der Waals surface area contributed by atoms with Crippen LogP contribution in [0.5, 0.6) is 11.5 Å². The Labute approximate surface area is 160 Å². The minimum Gasteiger partial charge on any atom is -0.497 e. The average molecular weight is 376 g/mol. The maximum Gasteiger partial charge on any atom is 0.255 e. The summed E-state index contributed by atoms with van der Waals surface area (Å²) in [4.78, 5) is 26.0. The Balaban J connectivity index is 1.65. The van der Waals surface area contributed by atoms with Crippen molar-refractivity contribution in [1.29, 1.82) is 0 Å². The molecule has 2 amide bonds. The monoisotopic (exact) mass is 376 g/mol. The Kier molecular flexibility index (Phi) is 6.55. The first kappa shape index (κ1) is 19.5. The number of methoxy groups -OCH3 is 1. The first-order chi connectivity index (χ1) is 13.1. The van der Waals surface area contributed by atoms with E-state index in [4.69, 9.17) is 14.2 Å².